The number of alkyl halides is 3. The summed E-state index contributed by atoms with van der Waals surface area (Å²) in [6.45, 7) is 4.67. The van der Waals surface area contributed by atoms with E-state index in [4.69, 9.17) is 49.0 Å². The summed E-state index contributed by atoms with van der Waals surface area (Å²) in [7, 11) is 0. The second kappa shape index (κ2) is 11.7. The van der Waals surface area contributed by atoms with E-state index in [0.29, 0.717) is 12.9 Å². The minimum absolute atomic E-state index is 0.219. The molecular weight excluding hydrogens is 443 g/mol. The summed E-state index contributed by atoms with van der Waals surface area (Å²) < 4.78 is 13.9. The van der Waals surface area contributed by atoms with Crippen molar-refractivity contribution in [2.24, 2.45) is 11.3 Å². The Morgan fingerprint density at radius 2 is 1.76 bits per heavy atom. The number of aldehydes is 1. The molecule has 0 saturated heterocycles. The van der Waals surface area contributed by atoms with Crippen molar-refractivity contribution in [2.45, 2.75) is 43.7 Å². The standard InChI is InChI=1S/C20H25Cl3O6/c1-14(17(25)19(2,3)12-24)16(29-18(26)28-13-20(21,22)23)9-10-27-11-15-7-5-4-6-8-15/h4-8,12,14,16H,9-11,13H2,1-3H3/t14-,16+/m1/s1. The third-order valence-electron chi connectivity index (χ3n) is 4.16. The summed E-state index contributed by atoms with van der Waals surface area (Å²) in [5.41, 5.74) is -0.230. The average Bonchev–Trinajstić information content (AvgIpc) is 2.67. The second-order valence-corrected chi connectivity index (χ2v) is 9.65. The average molecular weight is 468 g/mol. The van der Waals surface area contributed by atoms with Crippen LogP contribution in [0.15, 0.2) is 30.3 Å². The van der Waals surface area contributed by atoms with E-state index >= 15 is 0 Å². The first-order valence-electron chi connectivity index (χ1n) is 8.98. The molecule has 2 atom stereocenters. The number of ketones is 1. The van der Waals surface area contributed by atoms with Gasteiger partial charge in [0.1, 0.15) is 19.0 Å². The van der Waals surface area contributed by atoms with Gasteiger partial charge >= 0.3 is 6.16 Å². The molecule has 9 heteroatoms. The molecule has 0 amide bonds. The maximum absolute atomic E-state index is 12.6. The summed E-state index contributed by atoms with van der Waals surface area (Å²) in [6.07, 6.45) is -1.17. The SMILES string of the molecule is C[C@@H](C(=O)C(C)(C)C=O)[C@H](CCOCc1ccccc1)OC(=O)OCC(Cl)(Cl)Cl. The van der Waals surface area contributed by atoms with Gasteiger partial charge in [-0.15, -0.1) is 0 Å². The second-order valence-electron chi connectivity index (χ2n) is 7.13. The van der Waals surface area contributed by atoms with E-state index in [1.807, 2.05) is 30.3 Å². The number of rotatable bonds is 11. The fourth-order valence-corrected chi connectivity index (χ4v) is 2.65. The van der Waals surface area contributed by atoms with Crippen LogP contribution in [-0.2, 0) is 30.4 Å². The van der Waals surface area contributed by atoms with Crippen LogP contribution in [-0.4, -0.2) is 41.3 Å². The predicted octanol–water partition coefficient (Wildman–Crippen LogP) is 4.92. The molecule has 0 aromatic heterocycles. The molecule has 0 radical (unpaired) electrons. The predicted molar refractivity (Wildman–Crippen MR) is 111 cm³/mol. The van der Waals surface area contributed by atoms with Crippen LogP contribution in [0.3, 0.4) is 0 Å². The number of halogens is 3. The van der Waals surface area contributed by atoms with Gasteiger partial charge in [-0.1, -0.05) is 72.1 Å². The van der Waals surface area contributed by atoms with E-state index in [-0.39, 0.29) is 18.8 Å². The number of carbonyl (C=O) groups excluding carboxylic acids is 3. The Balaban J connectivity index is 2.72. The van der Waals surface area contributed by atoms with Crippen molar-refractivity contribution < 1.29 is 28.6 Å². The van der Waals surface area contributed by atoms with Gasteiger partial charge in [0.05, 0.1) is 24.5 Å². The van der Waals surface area contributed by atoms with Gasteiger partial charge in [-0.2, -0.15) is 0 Å². The van der Waals surface area contributed by atoms with Crippen molar-refractivity contribution in [3.05, 3.63) is 35.9 Å². The first-order valence-corrected chi connectivity index (χ1v) is 10.1. The van der Waals surface area contributed by atoms with Crippen LogP contribution in [0.5, 0.6) is 0 Å². The highest BCUT2D eigenvalue weighted by Crippen LogP contribution is 2.27. The van der Waals surface area contributed by atoms with E-state index in [9.17, 15) is 14.4 Å². The van der Waals surface area contributed by atoms with Crippen LogP contribution in [0.25, 0.3) is 0 Å². The fourth-order valence-electron chi connectivity index (χ4n) is 2.49. The molecule has 0 N–H and O–H groups in total. The van der Waals surface area contributed by atoms with Crippen molar-refractivity contribution in [3.63, 3.8) is 0 Å². The van der Waals surface area contributed by atoms with Crippen molar-refractivity contribution in [2.75, 3.05) is 13.2 Å². The smallest absolute Gasteiger partial charge is 0.430 e. The number of hydrogen-bond acceptors (Lipinski definition) is 6. The van der Waals surface area contributed by atoms with Gasteiger partial charge in [0.2, 0.25) is 3.79 Å². The Bertz CT molecular complexity index is 673. The molecule has 0 aliphatic carbocycles. The van der Waals surface area contributed by atoms with E-state index in [1.54, 1.807) is 6.92 Å². The maximum Gasteiger partial charge on any atom is 0.508 e. The summed E-state index contributed by atoms with van der Waals surface area (Å²) in [5.74, 6) is -1.13. The van der Waals surface area contributed by atoms with E-state index < -0.39 is 34.0 Å². The fraction of sp³-hybridized carbons (Fsp3) is 0.550. The molecule has 0 fully saturated rings. The minimum Gasteiger partial charge on any atom is -0.430 e. The molecule has 0 spiro atoms. The van der Waals surface area contributed by atoms with Gasteiger partial charge in [-0.25, -0.2) is 4.79 Å². The molecule has 1 rings (SSSR count). The quantitative estimate of drug-likeness (QED) is 0.151. The Hall–Kier alpha value is -1.34. The minimum atomic E-state index is -1.78. The molecule has 0 aliphatic heterocycles. The molecule has 0 saturated carbocycles. The number of hydrogen-bond donors (Lipinski definition) is 0. The maximum atomic E-state index is 12.6. The van der Waals surface area contributed by atoms with Gasteiger partial charge in [-0.3, -0.25) is 4.79 Å². The van der Waals surface area contributed by atoms with Crippen LogP contribution in [0.1, 0.15) is 32.8 Å². The van der Waals surface area contributed by atoms with Crippen molar-refractivity contribution >= 4 is 53.0 Å². The molecule has 6 nitrogen and oxygen atoms in total. The number of ether oxygens (including phenoxy) is 3. The van der Waals surface area contributed by atoms with Crippen LogP contribution in [0.2, 0.25) is 0 Å². The van der Waals surface area contributed by atoms with E-state index in [1.165, 1.54) is 13.8 Å². The van der Waals surface area contributed by atoms with Gasteiger partial charge in [0, 0.05) is 6.42 Å². The van der Waals surface area contributed by atoms with Gasteiger partial charge < -0.3 is 19.0 Å². The van der Waals surface area contributed by atoms with Crippen LogP contribution < -0.4 is 0 Å². The zero-order valence-corrected chi connectivity index (χ0v) is 18.8. The molecule has 162 valence electrons. The lowest BCUT2D eigenvalue weighted by atomic mass is 9.80. The topological polar surface area (TPSA) is 78.9 Å². The molecule has 1 aromatic rings. The summed E-state index contributed by atoms with van der Waals surface area (Å²) in [6, 6.07) is 9.53. The lowest BCUT2D eigenvalue weighted by Crippen LogP contribution is -2.39. The van der Waals surface area contributed by atoms with Crippen LogP contribution >= 0.6 is 34.8 Å². The first kappa shape index (κ1) is 25.7. The molecule has 0 unspecified atom stereocenters. The third kappa shape index (κ3) is 9.81. The van der Waals surface area contributed by atoms with Crippen molar-refractivity contribution in [1.82, 2.24) is 0 Å². The summed E-state index contributed by atoms with van der Waals surface area (Å²) in [4.78, 5) is 35.8. The van der Waals surface area contributed by atoms with Crippen LogP contribution in [0.4, 0.5) is 4.79 Å². The zero-order chi connectivity index (χ0) is 22.1. The monoisotopic (exact) mass is 466 g/mol. The summed E-state index contributed by atoms with van der Waals surface area (Å²) in [5, 5.41) is 0. The Labute approximate surface area is 185 Å². The lowest BCUT2D eigenvalue weighted by molar-refractivity contribution is -0.139. The summed E-state index contributed by atoms with van der Waals surface area (Å²) >= 11 is 16.7. The number of carbonyl (C=O) groups is 3. The molecular formula is C20H25Cl3O6. The van der Waals surface area contributed by atoms with Gasteiger partial charge in [0.15, 0.2) is 5.78 Å². The van der Waals surface area contributed by atoms with Crippen LogP contribution in [0, 0.1) is 11.3 Å². The Morgan fingerprint density at radius 1 is 1.14 bits per heavy atom. The number of benzene rings is 1. The zero-order valence-electron chi connectivity index (χ0n) is 16.5. The highest BCUT2D eigenvalue weighted by molar-refractivity contribution is 6.67. The largest absolute Gasteiger partial charge is 0.508 e. The van der Waals surface area contributed by atoms with Crippen molar-refractivity contribution in [3.8, 4) is 0 Å². The van der Waals surface area contributed by atoms with Gasteiger partial charge in [0.25, 0.3) is 0 Å². The Kier molecular flexibility index (Phi) is 10.4. The molecule has 0 bridgehead atoms. The normalized spacial score (nSPS) is 14.0. The highest BCUT2D eigenvalue weighted by atomic mass is 35.6. The first-order chi connectivity index (χ1) is 13.5. The lowest BCUT2D eigenvalue weighted by Gasteiger charge is -2.27. The third-order valence-corrected chi connectivity index (χ3v) is 4.49. The molecule has 29 heavy (non-hydrogen) atoms. The Morgan fingerprint density at radius 3 is 2.31 bits per heavy atom. The van der Waals surface area contributed by atoms with Crippen molar-refractivity contribution in [1.29, 1.82) is 0 Å². The van der Waals surface area contributed by atoms with E-state index in [0.717, 1.165) is 5.56 Å². The van der Waals surface area contributed by atoms with E-state index in [2.05, 4.69) is 0 Å². The number of Topliss-reactive ketones (excluding diaryl/α,β-unsaturated/α-hetero) is 1. The molecule has 0 aliphatic rings. The highest BCUT2D eigenvalue weighted by Gasteiger charge is 2.37. The van der Waals surface area contributed by atoms with Gasteiger partial charge in [-0.05, 0) is 19.4 Å². The molecule has 1 aromatic carbocycles. The molecule has 0 heterocycles.